The van der Waals surface area contributed by atoms with Gasteiger partial charge in [-0.3, -0.25) is 0 Å². The molecule has 0 atom stereocenters. The number of sulfone groups is 1. The molecule has 2 rings (SSSR count). The van der Waals surface area contributed by atoms with Gasteiger partial charge in [0.2, 0.25) is 0 Å². The van der Waals surface area contributed by atoms with E-state index in [1.54, 1.807) is 12.1 Å². The van der Waals surface area contributed by atoms with Crippen LogP contribution in [0.5, 0.6) is 0 Å². The van der Waals surface area contributed by atoms with Crippen LogP contribution in [0, 0.1) is 13.8 Å². The van der Waals surface area contributed by atoms with Crippen molar-refractivity contribution in [3.63, 3.8) is 0 Å². The van der Waals surface area contributed by atoms with E-state index in [1.807, 2.05) is 56.3 Å². The Kier molecular flexibility index (Phi) is 3.86. The van der Waals surface area contributed by atoms with Gasteiger partial charge in [-0.05, 0) is 37.1 Å². The molecular formula is C16H16O2S. The summed E-state index contributed by atoms with van der Waals surface area (Å²) in [7, 11) is -3.39. The molecule has 2 aromatic rings. The van der Waals surface area contributed by atoms with Crippen LogP contribution in [0.4, 0.5) is 0 Å². The average molecular weight is 272 g/mol. The van der Waals surface area contributed by atoms with Crippen molar-refractivity contribution in [1.29, 1.82) is 0 Å². The molecule has 2 nitrogen and oxygen atoms in total. The summed E-state index contributed by atoms with van der Waals surface area (Å²) in [5.74, 6) is 0. The minimum absolute atomic E-state index is 0.366. The van der Waals surface area contributed by atoms with Gasteiger partial charge in [0.15, 0.2) is 9.84 Å². The first kappa shape index (κ1) is 13.6. The third-order valence-corrected chi connectivity index (χ3v) is 4.44. The van der Waals surface area contributed by atoms with Crippen LogP contribution in [-0.2, 0) is 9.84 Å². The van der Waals surface area contributed by atoms with Gasteiger partial charge in [-0.25, -0.2) is 8.42 Å². The molecule has 2 aromatic carbocycles. The number of benzene rings is 2. The Labute approximate surface area is 114 Å². The minimum atomic E-state index is -3.39. The van der Waals surface area contributed by atoms with Crippen molar-refractivity contribution < 1.29 is 8.42 Å². The molecule has 19 heavy (non-hydrogen) atoms. The zero-order chi connectivity index (χ0) is 13.9. The van der Waals surface area contributed by atoms with Gasteiger partial charge in [0.25, 0.3) is 0 Å². The molecule has 0 aliphatic rings. The number of hydrogen-bond donors (Lipinski definition) is 0. The highest BCUT2D eigenvalue weighted by molar-refractivity contribution is 7.94. The second-order valence-corrected chi connectivity index (χ2v) is 6.33. The van der Waals surface area contributed by atoms with E-state index in [0.717, 1.165) is 16.7 Å². The van der Waals surface area contributed by atoms with Gasteiger partial charge in [0.1, 0.15) is 0 Å². The number of aryl methyl sites for hydroxylation is 2. The lowest BCUT2D eigenvalue weighted by atomic mass is 10.2. The summed E-state index contributed by atoms with van der Waals surface area (Å²) >= 11 is 0. The van der Waals surface area contributed by atoms with Crippen LogP contribution in [0.2, 0.25) is 0 Å². The molecule has 0 spiro atoms. The Morgan fingerprint density at radius 3 is 2.26 bits per heavy atom. The smallest absolute Gasteiger partial charge is 0.200 e. The molecule has 0 saturated heterocycles. The minimum Gasteiger partial charge on any atom is -0.219 e. The standard InChI is InChI=1S/C16H16O2S/c1-13-8-9-16(14(2)12-13)19(17,18)11-10-15-6-4-3-5-7-15/h3-12H,1-2H3/b11-10+. The van der Waals surface area contributed by atoms with Gasteiger partial charge < -0.3 is 0 Å². The lowest BCUT2D eigenvalue weighted by Gasteiger charge is -2.04. The monoisotopic (exact) mass is 272 g/mol. The summed E-state index contributed by atoms with van der Waals surface area (Å²) in [6.07, 6.45) is 1.62. The summed E-state index contributed by atoms with van der Waals surface area (Å²) in [5.41, 5.74) is 2.71. The summed E-state index contributed by atoms with van der Waals surface area (Å²) in [4.78, 5) is 0.366. The van der Waals surface area contributed by atoms with Crippen LogP contribution in [0.1, 0.15) is 16.7 Å². The van der Waals surface area contributed by atoms with Crippen LogP contribution >= 0.6 is 0 Å². The molecule has 0 aromatic heterocycles. The predicted octanol–water partition coefficient (Wildman–Crippen LogP) is 3.75. The molecule has 0 heterocycles. The van der Waals surface area contributed by atoms with E-state index in [-0.39, 0.29) is 0 Å². The van der Waals surface area contributed by atoms with Crippen LogP contribution in [-0.4, -0.2) is 8.42 Å². The van der Waals surface area contributed by atoms with E-state index < -0.39 is 9.84 Å². The number of rotatable bonds is 3. The number of hydrogen-bond acceptors (Lipinski definition) is 2. The molecule has 0 bridgehead atoms. The van der Waals surface area contributed by atoms with E-state index in [4.69, 9.17) is 0 Å². The second-order valence-electron chi connectivity index (χ2n) is 4.53. The quantitative estimate of drug-likeness (QED) is 0.852. The van der Waals surface area contributed by atoms with Crippen LogP contribution in [0.25, 0.3) is 6.08 Å². The fourth-order valence-corrected chi connectivity index (χ4v) is 3.17. The predicted molar refractivity (Wildman–Crippen MR) is 78.6 cm³/mol. The molecule has 0 N–H and O–H groups in total. The fraction of sp³-hybridized carbons (Fsp3) is 0.125. The largest absolute Gasteiger partial charge is 0.219 e. The Bertz CT molecular complexity index is 699. The first-order valence-corrected chi connectivity index (χ1v) is 7.59. The van der Waals surface area contributed by atoms with Crippen LogP contribution < -0.4 is 0 Å². The molecule has 0 radical (unpaired) electrons. The normalized spacial score (nSPS) is 11.9. The summed E-state index contributed by atoms with van der Waals surface area (Å²) < 4.78 is 24.5. The fourth-order valence-electron chi connectivity index (χ4n) is 1.92. The maximum atomic E-state index is 12.3. The van der Waals surface area contributed by atoms with Crippen molar-refractivity contribution in [3.05, 3.63) is 70.6 Å². The molecule has 0 saturated carbocycles. The zero-order valence-electron chi connectivity index (χ0n) is 11.0. The highest BCUT2D eigenvalue weighted by atomic mass is 32.2. The van der Waals surface area contributed by atoms with Gasteiger partial charge in [-0.1, -0.05) is 48.0 Å². The molecule has 0 amide bonds. The Balaban J connectivity index is 2.36. The summed E-state index contributed by atoms with van der Waals surface area (Å²) in [6, 6.07) is 14.7. The van der Waals surface area contributed by atoms with Gasteiger partial charge >= 0.3 is 0 Å². The van der Waals surface area contributed by atoms with E-state index in [2.05, 4.69) is 0 Å². The Morgan fingerprint density at radius 2 is 1.63 bits per heavy atom. The highest BCUT2D eigenvalue weighted by Crippen LogP contribution is 2.19. The Morgan fingerprint density at radius 1 is 0.947 bits per heavy atom. The van der Waals surface area contributed by atoms with Crippen molar-refractivity contribution in [2.45, 2.75) is 18.7 Å². The lowest BCUT2D eigenvalue weighted by Crippen LogP contribution is -1.99. The first-order chi connectivity index (χ1) is 8.99. The van der Waals surface area contributed by atoms with Crippen molar-refractivity contribution in [2.24, 2.45) is 0 Å². The molecule has 0 fully saturated rings. The third kappa shape index (κ3) is 3.32. The van der Waals surface area contributed by atoms with E-state index >= 15 is 0 Å². The first-order valence-electron chi connectivity index (χ1n) is 6.04. The molecule has 0 aliphatic heterocycles. The topological polar surface area (TPSA) is 34.1 Å². The van der Waals surface area contributed by atoms with Gasteiger partial charge in [-0.15, -0.1) is 0 Å². The van der Waals surface area contributed by atoms with Crippen molar-refractivity contribution in [2.75, 3.05) is 0 Å². The SMILES string of the molecule is Cc1ccc(S(=O)(=O)/C=C/c2ccccc2)c(C)c1. The molecule has 0 unspecified atom stereocenters. The average Bonchev–Trinajstić information content (AvgIpc) is 2.37. The molecular weight excluding hydrogens is 256 g/mol. The molecule has 0 aliphatic carbocycles. The zero-order valence-corrected chi connectivity index (χ0v) is 11.8. The van der Waals surface area contributed by atoms with Crippen molar-refractivity contribution >= 4 is 15.9 Å². The van der Waals surface area contributed by atoms with Crippen molar-refractivity contribution in [1.82, 2.24) is 0 Å². The highest BCUT2D eigenvalue weighted by Gasteiger charge is 2.13. The second kappa shape index (κ2) is 5.41. The van der Waals surface area contributed by atoms with Crippen LogP contribution in [0.15, 0.2) is 58.8 Å². The Hall–Kier alpha value is -1.87. The van der Waals surface area contributed by atoms with Crippen LogP contribution in [0.3, 0.4) is 0 Å². The maximum Gasteiger partial charge on any atom is 0.200 e. The van der Waals surface area contributed by atoms with E-state index in [1.165, 1.54) is 5.41 Å². The summed E-state index contributed by atoms with van der Waals surface area (Å²) in [5, 5.41) is 1.26. The summed E-state index contributed by atoms with van der Waals surface area (Å²) in [6.45, 7) is 3.76. The lowest BCUT2D eigenvalue weighted by molar-refractivity contribution is 0.604. The third-order valence-electron chi connectivity index (χ3n) is 2.88. The molecule has 3 heteroatoms. The van der Waals surface area contributed by atoms with Gasteiger partial charge in [-0.2, -0.15) is 0 Å². The van der Waals surface area contributed by atoms with E-state index in [9.17, 15) is 8.42 Å². The van der Waals surface area contributed by atoms with Gasteiger partial charge in [0, 0.05) is 5.41 Å². The maximum absolute atomic E-state index is 12.3. The van der Waals surface area contributed by atoms with Crippen molar-refractivity contribution in [3.8, 4) is 0 Å². The van der Waals surface area contributed by atoms with Gasteiger partial charge in [0.05, 0.1) is 4.90 Å². The van der Waals surface area contributed by atoms with E-state index in [0.29, 0.717) is 4.90 Å². The molecule has 98 valence electrons.